The number of halogens is 3. The van der Waals surface area contributed by atoms with Crippen LogP contribution in [0, 0.1) is 83.1 Å². The average molecular weight is 2010 g/mol. The summed E-state index contributed by atoms with van der Waals surface area (Å²) in [6.45, 7) is 42.5. The summed E-state index contributed by atoms with van der Waals surface area (Å²) in [5.74, 6) is 5.58. The third-order valence-corrected chi connectivity index (χ3v) is 31.3. The van der Waals surface area contributed by atoms with Crippen LogP contribution in [-0.4, -0.2) is 240 Å². The number of ether oxygens (including phenoxy) is 1. The molecule has 0 saturated carbocycles. The number of aryl methyl sites for hydroxylation is 8. The van der Waals surface area contributed by atoms with E-state index in [4.69, 9.17) is 59.5 Å². The summed E-state index contributed by atoms with van der Waals surface area (Å²) in [5, 5.41) is 50.8. The first kappa shape index (κ1) is 101. The molecule has 0 aliphatic carbocycles. The van der Waals surface area contributed by atoms with Gasteiger partial charge < -0.3 is 40.3 Å². The van der Waals surface area contributed by atoms with Gasteiger partial charge in [-0.2, -0.15) is 0 Å². The van der Waals surface area contributed by atoms with Crippen LogP contribution in [0.5, 0.6) is 0 Å². The van der Waals surface area contributed by atoms with Gasteiger partial charge in [-0.05, 0) is 233 Å². The van der Waals surface area contributed by atoms with E-state index in [9.17, 15) is 19.2 Å². The van der Waals surface area contributed by atoms with Gasteiger partial charge in [0, 0.05) is 182 Å². The highest BCUT2D eigenvalue weighted by Gasteiger charge is 2.39. The second-order valence-corrected chi connectivity index (χ2v) is 43.0. The minimum absolute atomic E-state index is 0.0204. The van der Waals surface area contributed by atoms with Gasteiger partial charge in [-0.15, -0.1) is 86.1 Å². The number of benzene rings is 3. The maximum absolute atomic E-state index is 13.1. The van der Waals surface area contributed by atoms with Crippen molar-refractivity contribution in [3.8, 4) is 20.0 Å². The first-order valence-electron chi connectivity index (χ1n) is 47.0. The molecule has 19 rings (SSSR count). The van der Waals surface area contributed by atoms with Crippen LogP contribution in [0.15, 0.2) is 142 Å². The van der Waals surface area contributed by atoms with Gasteiger partial charge in [-0.3, -0.25) is 67.4 Å². The van der Waals surface area contributed by atoms with Gasteiger partial charge in [0.05, 0.1) is 42.1 Å². The average Bonchev–Trinajstić information content (AvgIpc) is 1.60. The van der Waals surface area contributed by atoms with E-state index < -0.39 is 23.7 Å². The van der Waals surface area contributed by atoms with E-state index in [1.54, 1.807) is 63.9 Å². The summed E-state index contributed by atoms with van der Waals surface area (Å²) in [6, 6.07) is 29.2. The van der Waals surface area contributed by atoms with Gasteiger partial charge >= 0.3 is 5.97 Å². The fraction of sp³-hybridized carbons (Fsp3) is 0.412. The van der Waals surface area contributed by atoms with Crippen LogP contribution in [0.25, 0.3) is 20.0 Å². The molecule has 0 spiro atoms. The molecule has 2 saturated heterocycles. The van der Waals surface area contributed by atoms with Crippen molar-refractivity contribution in [3.05, 3.63) is 275 Å². The first-order chi connectivity index (χ1) is 66.7. The Hall–Kier alpha value is -11.4. The molecule has 6 aliphatic rings. The van der Waals surface area contributed by atoms with Crippen LogP contribution in [-0.2, 0) is 30.3 Å². The molecule has 3 aromatic carbocycles. The molecule has 4 unspecified atom stereocenters. The van der Waals surface area contributed by atoms with Crippen LogP contribution in [0.2, 0.25) is 15.1 Å². The smallest absolute Gasteiger partial charge is 0.308 e. The molecular formula is C102H118Cl3N25O5S4. The number of pyridine rings is 2. The number of aliphatic imine (C=N–C) groups is 4. The summed E-state index contributed by atoms with van der Waals surface area (Å²) in [5.41, 5.74) is 16.8. The van der Waals surface area contributed by atoms with E-state index in [1.807, 2.05) is 156 Å². The lowest BCUT2D eigenvalue weighted by Crippen LogP contribution is -2.45. The zero-order valence-corrected chi connectivity index (χ0v) is 87.2. The Kier molecular flexibility index (Phi) is 32.0. The predicted octanol–water partition coefficient (Wildman–Crippen LogP) is 17.1. The number of amides is 3. The third kappa shape index (κ3) is 23.1. The second kappa shape index (κ2) is 44.2. The lowest BCUT2D eigenvalue weighted by molar-refractivity contribution is -0.155. The number of thiophene rings is 4. The summed E-state index contributed by atoms with van der Waals surface area (Å²) in [4.78, 5) is 94.9. The molecule has 3 amide bonds. The van der Waals surface area contributed by atoms with Gasteiger partial charge in [0.15, 0.2) is 23.3 Å². The summed E-state index contributed by atoms with van der Waals surface area (Å²) in [7, 11) is 4.32. The fourth-order valence-electron chi connectivity index (χ4n) is 17.8. The van der Waals surface area contributed by atoms with Gasteiger partial charge in [-0.25, -0.2) is 0 Å². The number of hydrogen-bond donors (Lipinski definition) is 3. The van der Waals surface area contributed by atoms with Crippen LogP contribution in [0.4, 0.5) is 0 Å². The van der Waals surface area contributed by atoms with Crippen molar-refractivity contribution in [2.24, 2.45) is 20.0 Å². The summed E-state index contributed by atoms with van der Waals surface area (Å²) >= 11 is 25.4. The maximum Gasteiger partial charge on any atom is 0.308 e. The predicted molar refractivity (Wildman–Crippen MR) is 554 cm³/mol. The highest BCUT2D eigenvalue weighted by atomic mass is 35.5. The summed E-state index contributed by atoms with van der Waals surface area (Å²) in [6.07, 6.45) is 10.6. The van der Waals surface area contributed by atoms with Crippen molar-refractivity contribution in [2.45, 2.75) is 179 Å². The Labute approximate surface area is 842 Å². The molecular weight excluding hydrogens is 1890 g/mol. The quantitative estimate of drug-likeness (QED) is 0.0396. The Bertz CT molecular complexity index is 6760. The van der Waals surface area contributed by atoms with Crippen LogP contribution in [0.1, 0.15) is 222 Å². The van der Waals surface area contributed by atoms with Crippen LogP contribution < -0.4 is 16.0 Å². The van der Waals surface area contributed by atoms with Crippen molar-refractivity contribution in [3.63, 3.8) is 0 Å². The van der Waals surface area contributed by atoms with Crippen molar-refractivity contribution in [1.82, 2.24) is 105 Å². The molecule has 139 heavy (non-hydrogen) atoms. The van der Waals surface area contributed by atoms with Gasteiger partial charge in [0.1, 0.15) is 73.1 Å². The topological polar surface area (TPSA) is 325 Å². The number of carbonyl (C=O) groups excluding carboxylic acids is 4. The lowest BCUT2D eigenvalue weighted by atomic mass is 9.99. The number of nitrogens with one attached hydrogen (secondary N) is 3. The number of rotatable bonds is 23. The van der Waals surface area contributed by atoms with Crippen LogP contribution in [0.3, 0.4) is 0 Å². The zero-order chi connectivity index (χ0) is 98.4. The van der Waals surface area contributed by atoms with E-state index in [1.165, 1.54) is 41.8 Å². The molecule has 30 nitrogen and oxygen atoms in total. The Balaban J connectivity index is 0.000000134. The number of nitrogens with zero attached hydrogens (tertiary/aromatic N) is 22. The largest absolute Gasteiger partial charge is 0.460 e. The second-order valence-electron chi connectivity index (χ2n) is 36.9. The van der Waals surface area contributed by atoms with E-state index >= 15 is 0 Å². The van der Waals surface area contributed by atoms with E-state index in [-0.39, 0.29) is 49.0 Å². The number of aromatic nitrogens is 14. The summed E-state index contributed by atoms with van der Waals surface area (Å²) < 4.78 is 13.9. The van der Waals surface area contributed by atoms with E-state index in [0.717, 1.165) is 200 Å². The van der Waals surface area contributed by atoms with Gasteiger partial charge in [-0.1, -0.05) is 77.3 Å². The molecule has 16 heterocycles. The number of carbonyl (C=O) groups is 4. The molecule has 2 fully saturated rings. The monoisotopic (exact) mass is 2010 g/mol. The number of hydrogen-bond acceptors (Lipinski definition) is 27. The maximum atomic E-state index is 13.1. The Morgan fingerprint density at radius 3 is 1.11 bits per heavy atom. The minimum atomic E-state index is -0.560. The normalized spacial score (nSPS) is 16.8. The highest BCUT2D eigenvalue weighted by molar-refractivity contribution is 7.16. The standard InChI is InChI=1S/2C27H34ClN7OS.C26H25ClN6OS.C22H25N5O2S/c1-17-18(2)37-27-24(17)25(20-6-8-21(28)9-7-20)30-22(26-32-31-19(3)35(26)27)16-23(36)29-10-5-11-34-14-12-33(4)13-15-34;1-17-18(2)37-27-24(17)25(20-7-9-21(28)10-8-20)30-22(26-32-31-19(3)35(26)27)16-29-23(36)6-5-11-34-14-12-33(4)13-15-34;1-15-16(2)35-26-23(15)24(19-6-8-20(27)9-7-19)30-21(25-32-31-17(3)33(25)26)13-22(34)29-12-10-18-5-4-11-28-14-18;1-12-13(2)30-21-18(12)19(15-7-9-23-10-8-15)24-16(11-17(28)29-22(4,5)6)20-26-25-14(3)27(20)21/h6-9,22H,5,10-16H2,1-4H3,(H,29,36);7-10,22H,5-6,11-16H2,1-4H3,(H,29,36);4-9,11,14,21H,10,12-13H2,1-3H3,(H,29,34);7-10,16H,11H2,1-6H3. The first-order valence-corrected chi connectivity index (χ1v) is 51.4. The lowest BCUT2D eigenvalue weighted by Gasteiger charge is -2.32. The molecule has 37 heteroatoms. The van der Waals surface area contributed by atoms with E-state index in [0.29, 0.717) is 65.0 Å². The van der Waals surface area contributed by atoms with Crippen molar-refractivity contribution in [1.29, 1.82) is 0 Å². The number of fused-ring (bicyclic) bond motifs is 12. The van der Waals surface area contributed by atoms with Crippen LogP contribution >= 0.6 is 80.1 Å². The van der Waals surface area contributed by atoms with E-state index in [2.05, 4.69) is 169 Å². The molecule has 0 radical (unpaired) electrons. The fourth-order valence-corrected chi connectivity index (χ4v) is 23.0. The number of esters is 1. The minimum Gasteiger partial charge on any atom is -0.460 e. The van der Waals surface area contributed by atoms with Crippen molar-refractivity contribution >= 4 is 127 Å². The van der Waals surface area contributed by atoms with Gasteiger partial charge in [0.25, 0.3) is 0 Å². The molecule has 3 N–H and O–H groups in total. The van der Waals surface area contributed by atoms with Gasteiger partial charge in [0.2, 0.25) is 17.7 Å². The number of piperazine rings is 2. The Morgan fingerprint density at radius 2 is 0.741 bits per heavy atom. The van der Waals surface area contributed by atoms with Crippen molar-refractivity contribution in [2.75, 3.05) is 99.2 Å². The van der Waals surface area contributed by atoms with Crippen molar-refractivity contribution < 1.29 is 23.9 Å². The molecule has 726 valence electrons. The third-order valence-electron chi connectivity index (χ3n) is 25.8. The molecule has 0 bridgehead atoms. The molecule has 6 aliphatic heterocycles. The SMILES string of the molecule is Cc1sc2c(c1C)C(c1ccc(Cl)cc1)=NC(CC(=O)NCCCN1CCN(C)CC1)c1nnc(C)n1-2.Cc1sc2c(c1C)C(c1ccc(Cl)cc1)=NC(CC(=O)NCCc1cccnc1)c1nnc(C)n1-2.Cc1sc2c(c1C)C(c1ccc(Cl)cc1)=NC(CNC(=O)CCCN1CCN(C)CC1)c1nnc(C)n1-2.Cc1sc2c(c1C)C(c1ccncc1)=NC(CC(=O)OC(C)(C)C)c1nnc(C)n1-2. The zero-order valence-electron chi connectivity index (χ0n) is 81.6. The number of likely N-dealkylation sites (N-methyl/N-ethyl adjacent to an activating group) is 2. The molecule has 4 atom stereocenters. The Morgan fingerprint density at radius 1 is 0.396 bits per heavy atom. The highest BCUT2D eigenvalue weighted by Crippen LogP contribution is 2.45. The molecule has 13 aromatic rings. The molecule has 10 aromatic heterocycles.